The molecule has 0 aliphatic carbocycles. The Kier molecular flexibility index (Phi) is 5.85. The first kappa shape index (κ1) is 18.6. The molecule has 0 spiro atoms. The normalized spacial score (nSPS) is 15.2. The minimum absolute atomic E-state index is 0.280. The molecule has 1 aromatic heterocycles. The maximum Gasteiger partial charge on any atom is 0.318 e. The van der Waals surface area contributed by atoms with Crippen LogP contribution in [0.2, 0.25) is 0 Å². The van der Waals surface area contributed by atoms with Crippen LogP contribution in [-0.4, -0.2) is 54.0 Å². The van der Waals surface area contributed by atoms with Gasteiger partial charge in [0.1, 0.15) is 17.7 Å². The number of urea groups is 1. The molecule has 1 aliphatic rings. The Balaban J connectivity index is 1.47. The number of aromatic nitrogens is 1. The van der Waals surface area contributed by atoms with Crippen molar-refractivity contribution >= 4 is 23.4 Å². The van der Waals surface area contributed by atoms with E-state index >= 15 is 0 Å². The lowest BCUT2D eigenvalue weighted by Gasteiger charge is -2.35. The fourth-order valence-corrected chi connectivity index (χ4v) is 2.81. The van der Waals surface area contributed by atoms with Crippen molar-refractivity contribution in [1.82, 2.24) is 15.2 Å². The third-order valence-corrected chi connectivity index (χ3v) is 4.39. The summed E-state index contributed by atoms with van der Waals surface area (Å²) >= 11 is 0. The molecule has 3 rings (SSSR count). The Bertz CT molecular complexity index is 776. The largest absolute Gasteiger partial charge is 0.353 e. The van der Waals surface area contributed by atoms with Crippen molar-refractivity contribution in [2.75, 3.05) is 36.4 Å². The smallest absolute Gasteiger partial charge is 0.318 e. The molecular formula is C19H22FN5O2. The van der Waals surface area contributed by atoms with Crippen LogP contribution in [0.1, 0.15) is 6.92 Å². The van der Waals surface area contributed by atoms with Gasteiger partial charge in [-0.1, -0.05) is 6.07 Å². The van der Waals surface area contributed by atoms with Crippen LogP contribution in [0.3, 0.4) is 0 Å². The molecule has 2 heterocycles. The number of benzene rings is 1. The van der Waals surface area contributed by atoms with Crippen molar-refractivity contribution in [3.8, 4) is 0 Å². The van der Waals surface area contributed by atoms with E-state index in [1.807, 2.05) is 18.2 Å². The molecule has 2 N–H and O–H groups in total. The molecule has 8 heteroatoms. The van der Waals surface area contributed by atoms with Crippen LogP contribution in [-0.2, 0) is 4.79 Å². The highest BCUT2D eigenvalue weighted by molar-refractivity contribution is 5.96. The van der Waals surface area contributed by atoms with E-state index in [1.165, 1.54) is 24.3 Å². The van der Waals surface area contributed by atoms with Crippen molar-refractivity contribution in [2.45, 2.75) is 13.0 Å². The van der Waals surface area contributed by atoms with Gasteiger partial charge in [-0.15, -0.1) is 0 Å². The third-order valence-electron chi connectivity index (χ3n) is 4.39. The second kappa shape index (κ2) is 8.48. The van der Waals surface area contributed by atoms with Gasteiger partial charge in [-0.3, -0.25) is 4.79 Å². The lowest BCUT2D eigenvalue weighted by Crippen LogP contribution is -2.54. The van der Waals surface area contributed by atoms with Gasteiger partial charge in [0.25, 0.3) is 0 Å². The summed E-state index contributed by atoms with van der Waals surface area (Å²) in [5, 5.41) is 5.35. The molecule has 1 saturated heterocycles. The van der Waals surface area contributed by atoms with Gasteiger partial charge in [0.15, 0.2) is 0 Å². The summed E-state index contributed by atoms with van der Waals surface area (Å²) in [5.41, 5.74) is 0.478. The quantitative estimate of drug-likeness (QED) is 0.863. The van der Waals surface area contributed by atoms with Crippen LogP contribution in [0.5, 0.6) is 0 Å². The predicted octanol–water partition coefficient (Wildman–Crippen LogP) is 2.08. The van der Waals surface area contributed by atoms with Crippen molar-refractivity contribution < 1.29 is 14.0 Å². The second-order valence-corrected chi connectivity index (χ2v) is 6.33. The SMILES string of the molecule is C[C@H](NC(=O)N1CCN(c2ccccn2)CC1)C(=O)Nc1ccc(F)cc1. The molecule has 27 heavy (non-hydrogen) atoms. The Labute approximate surface area is 157 Å². The molecule has 0 saturated carbocycles. The topological polar surface area (TPSA) is 77.6 Å². The summed E-state index contributed by atoms with van der Waals surface area (Å²) in [5.74, 6) is 0.158. The molecule has 7 nitrogen and oxygen atoms in total. The number of nitrogens with zero attached hydrogens (tertiary/aromatic N) is 3. The molecule has 2 aromatic rings. The zero-order valence-corrected chi connectivity index (χ0v) is 15.1. The van der Waals surface area contributed by atoms with E-state index in [4.69, 9.17) is 0 Å². The van der Waals surface area contributed by atoms with Gasteiger partial charge >= 0.3 is 6.03 Å². The first-order chi connectivity index (χ1) is 13.0. The highest BCUT2D eigenvalue weighted by atomic mass is 19.1. The first-order valence-electron chi connectivity index (χ1n) is 8.81. The minimum atomic E-state index is -0.712. The van der Waals surface area contributed by atoms with Crippen LogP contribution >= 0.6 is 0 Å². The molecule has 1 fully saturated rings. The number of pyridine rings is 1. The molecule has 1 aliphatic heterocycles. The zero-order valence-electron chi connectivity index (χ0n) is 15.1. The van der Waals surface area contributed by atoms with Gasteiger partial charge in [0.2, 0.25) is 5.91 Å². The van der Waals surface area contributed by atoms with E-state index in [2.05, 4.69) is 20.5 Å². The van der Waals surface area contributed by atoms with Crippen molar-refractivity contribution in [3.63, 3.8) is 0 Å². The van der Waals surface area contributed by atoms with E-state index < -0.39 is 6.04 Å². The first-order valence-corrected chi connectivity index (χ1v) is 8.81. The van der Waals surface area contributed by atoms with Crippen LogP contribution in [0.25, 0.3) is 0 Å². The van der Waals surface area contributed by atoms with Crippen LogP contribution in [0, 0.1) is 5.82 Å². The highest BCUT2D eigenvalue weighted by Crippen LogP contribution is 2.13. The molecule has 0 bridgehead atoms. The van der Waals surface area contributed by atoms with E-state index in [0.717, 1.165) is 5.82 Å². The average molecular weight is 371 g/mol. The number of piperazine rings is 1. The standard InChI is InChI=1S/C19H22FN5O2/c1-14(18(26)23-16-7-5-15(20)6-8-16)22-19(27)25-12-10-24(11-13-25)17-4-2-3-9-21-17/h2-9,14H,10-13H2,1H3,(H,22,27)(H,23,26)/t14-/m0/s1. The summed E-state index contributed by atoms with van der Waals surface area (Å²) in [6, 6.07) is 10.2. The Morgan fingerprint density at radius 1 is 1.07 bits per heavy atom. The number of hydrogen-bond donors (Lipinski definition) is 2. The van der Waals surface area contributed by atoms with Gasteiger partial charge in [0, 0.05) is 38.1 Å². The summed E-state index contributed by atoms with van der Waals surface area (Å²) in [6.07, 6.45) is 1.75. The number of halogens is 1. The highest BCUT2D eigenvalue weighted by Gasteiger charge is 2.24. The molecule has 0 radical (unpaired) electrons. The lowest BCUT2D eigenvalue weighted by molar-refractivity contribution is -0.117. The molecule has 142 valence electrons. The number of carbonyl (C=O) groups is 2. The third kappa shape index (κ3) is 4.93. The Morgan fingerprint density at radius 2 is 1.78 bits per heavy atom. The van der Waals surface area contributed by atoms with Gasteiger partial charge in [-0.05, 0) is 43.3 Å². The maximum atomic E-state index is 12.9. The fraction of sp³-hybridized carbons (Fsp3) is 0.316. The van der Waals surface area contributed by atoms with Crippen LogP contribution in [0.15, 0.2) is 48.7 Å². The molecule has 3 amide bonds. The summed E-state index contributed by atoms with van der Waals surface area (Å²) in [7, 11) is 0. The fourth-order valence-electron chi connectivity index (χ4n) is 2.81. The summed E-state index contributed by atoms with van der Waals surface area (Å²) in [6.45, 7) is 4.07. The van der Waals surface area contributed by atoms with Crippen molar-refractivity contribution in [3.05, 3.63) is 54.5 Å². The number of hydrogen-bond acceptors (Lipinski definition) is 4. The zero-order chi connectivity index (χ0) is 19.2. The Hall–Kier alpha value is -3.16. The number of rotatable bonds is 4. The van der Waals surface area contributed by atoms with E-state index in [1.54, 1.807) is 18.0 Å². The van der Waals surface area contributed by atoms with Gasteiger partial charge in [-0.25, -0.2) is 14.2 Å². The molecular weight excluding hydrogens is 349 g/mol. The monoisotopic (exact) mass is 371 g/mol. The van der Waals surface area contributed by atoms with Crippen LogP contribution in [0.4, 0.5) is 20.7 Å². The number of nitrogens with one attached hydrogen (secondary N) is 2. The van der Waals surface area contributed by atoms with Gasteiger partial charge in [0.05, 0.1) is 0 Å². The lowest BCUT2D eigenvalue weighted by atomic mass is 10.2. The van der Waals surface area contributed by atoms with E-state index in [-0.39, 0.29) is 17.8 Å². The predicted molar refractivity (Wildman–Crippen MR) is 101 cm³/mol. The Morgan fingerprint density at radius 3 is 2.41 bits per heavy atom. The number of amides is 3. The maximum absolute atomic E-state index is 12.9. The average Bonchev–Trinajstić information content (AvgIpc) is 2.70. The second-order valence-electron chi connectivity index (χ2n) is 6.33. The summed E-state index contributed by atoms with van der Waals surface area (Å²) < 4.78 is 12.9. The summed E-state index contributed by atoms with van der Waals surface area (Å²) in [4.78, 5) is 32.7. The van der Waals surface area contributed by atoms with E-state index in [9.17, 15) is 14.0 Å². The van der Waals surface area contributed by atoms with Crippen molar-refractivity contribution in [1.29, 1.82) is 0 Å². The molecule has 1 atom stereocenters. The number of carbonyl (C=O) groups excluding carboxylic acids is 2. The van der Waals surface area contributed by atoms with Gasteiger partial charge in [-0.2, -0.15) is 0 Å². The van der Waals surface area contributed by atoms with E-state index in [0.29, 0.717) is 31.9 Å². The molecule has 1 aromatic carbocycles. The van der Waals surface area contributed by atoms with Crippen molar-refractivity contribution in [2.24, 2.45) is 0 Å². The minimum Gasteiger partial charge on any atom is -0.353 e. The van der Waals surface area contributed by atoms with Crippen LogP contribution < -0.4 is 15.5 Å². The molecule has 0 unspecified atom stereocenters. The van der Waals surface area contributed by atoms with Gasteiger partial charge < -0.3 is 20.4 Å². The number of anilines is 2.